The molecule has 0 aliphatic heterocycles. The van der Waals surface area contributed by atoms with Gasteiger partial charge in [-0.15, -0.1) is 11.3 Å². The third-order valence-corrected chi connectivity index (χ3v) is 5.54. The molecule has 28 heavy (non-hydrogen) atoms. The molecule has 0 bridgehead atoms. The van der Waals surface area contributed by atoms with Crippen LogP contribution < -0.4 is 5.32 Å². The molecule has 0 radical (unpaired) electrons. The lowest BCUT2D eigenvalue weighted by Gasteiger charge is -2.08. The predicted octanol–water partition coefficient (Wildman–Crippen LogP) is 3.05. The summed E-state index contributed by atoms with van der Waals surface area (Å²) < 4.78 is 4.37. The Morgan fingerprint density at radius 1 is 1.25 bits per heavy atom. The number of anilines is 1. The van der Waals surface area contributed by atoms with Gasteiger partial charge in [0.1, 0.15) is 18.7 Å². The van der Waals surface area contributed by atoms with Gasteiger partial charge in [-0.25, -0.2) is 9.97 Å². The average molecular weight is 395 g/mol. The number of aromatic nitrogens is 6. The Balaban J connectivity index is 1.53. The van der Waals surface area contributed by atoms with E-state index in [1.807, 2.05) is 24.7 Å². The number of amides is 1. The number of carbonyl (C=O) groups is 1. The summed E-state index contributed by atoms with van der Waals surface area (Å²) in [7, 11) is 1.85. The van der Waals surface area contributed by atoms with E-state index in [1.165, 1.54) is 0 Å². The Labute approximate surface area is 166 Å². The molecule has 1 N–H and O–H groups in total. The molecule has 4 rings (SSSR count). The maximum atomic E-state index is 12.6. The van der Waals surface area contributed by atoms with Crippen LogP contribution in [0.1, 0.15) is 25.1 Å². The third kappa shape index (κ3) is 3.29. The largest absolute Gasteiger partial charge is 0.309 e. The fourth-order valence-electron chi connectivity index (χ4n) is 3.32. The molecule has 4 heterocycles. The molecular weight excluding hydrogens is 374 g/mol. The zero-order valence-electron chi connectivity index (χ0n) is 16.0. The summed E-state index contributed by atoms with van der Waals surface area (Å²) in [6, 6.07) is 1.97. The summed E-state index contributed by atoms with van der Waals surface area (Å²) in [5.74, 6) is 0.617. The summed E-state index contributed by atoms with van der Waals surface area (Å²) in [6.07, 6.45) is 6.77. The lowest BCUT2D eigenvalue weighted by atomic mass is 10.1. The molecule has 0 aliphatic rings. The Kier molecular flexibility index (Phi) is 4.91. The van der Waals surface area contributed by atoms with E-state index >= 15 is 0 Å². The topological polar surface area (TPSA) is 90.5 Å². The summed E-state index contributed by atoms with van der Waals surface area (Å²) in [5.41, 5.74) is 4.71. The minimum Gasteiger partial charge on any atom is -0.309 e. The maximum Gasteiger partial charge on any atom is 0.247 e. The molecule has 0 aromatic carbocycles. The first-order chi connectivity index (χ1) is 13.6. The number of hydrogen-bond donors (Lipinski definition) is 1. The second-order valence-electron chi connectivity index (χ2n) is 6.44. The smallest absolute Gasteiger partial charge is 0.247 e. The van der Waals surface area contributed by atoms with Gasteiger partial charge in [0.2, 0.25) is 5.91 Å². The van der Waals surface area contributed by atoms with Crippen LogP contribution in [-0.4, -0.2) is 35.4 Å². The van der Waals surface area contributed by atoms with Gasteiger partial charge in [0.15, 0.2) is 0 Å². The van der Waals surface area contributed by atoms with E-state index in [2.05, 4.69) is 39.3 Å². The number of nitrogens with one attached hydrogen (secondary N) is 1. The van der Waals surface area contributed by atoms with Crippen molar-refractivity contribution in [3.63, 3.8) is 0 Å². The lowest BCUT2D eigenvalue weighted by molar-refractivity contribution is -0.117. The highest BCUT2D eigenvalue weighted by Gasteiger charge is 2.16. The van der Waals surface area contributed by atoms with Crippen LogP contribution in [0.15, 0.2) is 30.2 Å². The molecule has 4 aromatic rings. The first kappa shape index (κ1) is 18.3. The molecule has 9 heteroatoms. The molecular formula is C19H21N7OS. The number of thiophene rings is 1. The standard InChI is InChI=1S/C19H21N7OS/c1-4-13-14(5-2)24-25(3)19(13)23-16(27)10-26-9-12(8-22-26)17-18-15(6-7-28-18)20-11-21-17/h6-9,11H,4-5,10H2,1-3H3,(H,23,27). The van der Waals surface area contributed by atoms with Crippen molar-refractivity contribution in [2.24, 2.45) is 7.05 Å². The molecule has 8 nitrogen and oxygen atoms in total. The minimum absolute atomic E-state index is 0.120. The van der Waals surface area contributed by atoms with Crippen LogP contribution in [0.4, 0.5) is 5.82 Å². The van der Waals surface area contributed by atoms with Gasteiger partial charge in [0.25, 0.3) is 0 Å². The van der Waals surface area contributed by atoms with Gasteiger partial charge >= 0.3 is 0 Å². The van der Waals surface area contributed by atoms with Gasteiger partial charge in [-0.1, -0.05) is 13.8 Å². The van der Waals surface area contributed by atoms with Crippen LogP contribution in [0.3, 0.4) is 0 Å². The van der Waals surface area contributed by atoms with Gasteiger partial charge in [0, 0.05) is 24.4 Å². The Morgan fingerprint density at radius 3 is 2.89 bits per heavy atom. The Bertz CT molecular complexity index is 1140. The second kappa shape index (κ2) is 7.51. The van der Waals surface area contributed by atoms with Gasteiger partial charge in [-0.2, -0.15) is 10.2 Å². The highest BCUT2D eigenvalue weighted by Crippen LogP contribution is 2.29. The SMILES string of the molecule is CCc1nn(C)c(NC(=O)Cn2cc(-c3ncnc4ccsc34)cn2)c1CC. The van der Waals surface area contributed by atoms with Crippen molar-refractivity contribution < 1.29 is 4.79 Å². The van der Waals surface area contributed by atoms with Crippen molar-refractivity contribution >= 4 is 33.3 Å². The summed E-state index contributed by atoms with van der Waals surface area (Å²) >= 11 is 1.59. The van der Waals surface area contributed by atoms with E-state index in [1.54, 1.807) is 33.2 Å². The van der Waals surface area contributed by atoms with Gasteiger partial charge < -0.3 is 5.32 Å². The van der Waals surface area contributed by atoms with Crippen LogP contribution in [0.5, 0.6) is 0 Å². The van der Waals surface area contributed by atoms with Gasteiger partial charge in [-0.05, 0) is 24.3 Å². The lowest BCUT2D eigenvalue weighted by Crippen LogP contribution is -2.21. The van der Waals surface area contributed by atoms with E-state index in [0.29, 0.717) is 0 Å². The second-order valence-corrected chi connectivity index (χ2v) is 7.35. The van der Waals surface area contributed by atoms with E-state index in [0.717, 1.165) is 51.4 Å². The van der Waals surface area contributed by atoms with Gasteiger partial charge in [0.05, 0.1) is 27.8 Å². The van der Waals surface area contributed by atoms with Crippen molar-refractivity contribution in [1.29, 1.82) is 0 Å². The van der Waals surface area contributed by atoms with Crippen molar-refractivity contribution in [3.8, 4) is 11.3 Å². The van der Waals surface area contributed by atoms with Crippen molar-refractivity contribution in [3.05, 3.63) is 41.4 Å². The van der Waals surface area contributed by atoms with Crippen molar-refractivity contribution in [2.75, 3.05) is 5.32 Å². The molecule has 0 spiro atoms. The highest BCUT2D eigenvalue weighted by atomic mass is 32.1. The average Bonchev–Trinajstić information content (AvgIpc) is 3.40. The normalized spacial score (nSPS) is 11.2. The fourth-order valence-corrected chi connectivity index (χ4v) is 4.18. The zero-order chi connectivity index (χ0) is 19.7. The summed E-state index contributed by atoms with van der Waals surface area (Å²) in [5, 5.41) is 13.8. The van der Waals surface area contributed by atoms with E-state index < -0.39 is 0 Å². The quantitative estimate of drug-likeness (QED) is 0.542. The van der Waals surface area contributed by atoms with E-state index in [-0.39, 0.29) is 12.5 Å². The first-order valence-corrected chi connectivity index (χ1v) is 10.0. The van der Waals surface area contributed by atoms with Gasteiger partial charge in [-0.3, -0.25) is 14.2 Å². The molecule has 0 unspecified atom stereocenters. The van der Waals surface area contributed by atoms with Crippen LogP contribution in [0, 0.1) is 0 Å². The van der Waals surface area contributed by atoms with E-state index in [9.17, 15) is 4.79 Å². The monoisotopic (exact) mass is 395 g/mol. The van der Waals surface area contributed by atoms with Crippen LogP contribution in [0.2, 0.25) is 0 Å². The Hall–Kier alpha value is -3.07. The minimum atomic E-state index is -0.140. The molecule has 0 saturated heterocycles. The number of aryl methyl sites for hydroxylation is 2. The molecule has 0 fully saturated rings. The van der Waals surface area contributed by atoms with Crippen molar-refractivity contribution in [1.82, 2.24) is 29.5 Å². The number of fused-ring (bicyclic) bond motifs is 1. The predicted molar refractivity (Wildman–Crippen MR) is 109 cm³/mol. The first-order valence-electron chi connectivity index (χ1n) is 9.16. The molecule has 144 valence electrons. The highest BCUT2D eigenvalue weighted by molar-refractivity contribution is 7.17. The molecule has 0 aliphatic carbocycles. The molecule has 4 aromatic heterocycles. The fraction of sp³-hybridized carbons (Fsp3) is 0.316. The number of carbonyl (C=O) groups excluding carboxylic acids is 1. The maximum absolute atomic E-state index is 12.6. The van der Waals surface area contributed by atoms with Crippen LogP contribution in [0.25, 0.3) is 21.5 Å². The van der Waals surface area contributed by atoms with Crippen molar-refractivity contribution in [2.45, 2.75) is 33.2 Å². The number of rotatable bonds is 6. The molecule has 1 amide bonds. The number of nitrogens with zero attached hydrogens (tertiary/aromatic N) is 6. The zero-order valence-corrected chi connectivity index (χ0v) is 16.8. The molecule has 0 saturated carbocycles. The summed E-state index contributed by atoms with van der Waals surface area (Å²) in [4.78, 5) is 21.2. The Morgan fingerprint density at radius 2 is 2.11 bits per heavy atom. The van der Waals surface area contributed by atoms with E-state index in [4.69, 9.17) is 0 Å². The van der Waals surface area contributed by atoms with Crippen LogP contribution >= 0.6 is 11.3 Å². The van der Waals surface area contributed by atoms with Crippen LogP contribution in [-0.2, 0) is 31.2 Å². The third-order valence-electron chi connectivity index (χ3n) is 4.63. The molecule has 0 atom stereocenters. The summed E-state index contributed by atoms with van der Waals surface area (Å²) in [6.45, 7) is 4.25. The number of hydrogen-bond acceptors (Lipinski definition) is 6.